The topological polar surface area (TPSA) is 20.2 Å². The van der Waals surface area contributed by atoms with Gasteiger partial charge in [-0.15, -0.1) is 0 Å². The van der Waals surface area contributed by atoms with Crippen LogP contribution in [-0.2, 0) is 19.4 Å². The summed E-state index contributed by atoms with van der Waals surface area (Å²) in [6.45, 7) is 0.0729. The largest absolute Gasteiger partial charge is 0.392 e. The first kappa shape index (κ1) is 10.5. The predicted molar refractivity (Wildman–Crippen MR) is 61.7 cm³/mol. The Kier molecular flexibility index (Phi) is 3.15. The molecule has 1 N–H and O–H groups in total. The van der Waals surface area contributed by atoms with E-state index >= 15 is 0 Å². The highest BCUT2D eigenvalue weighted by Gasteiger charge is 2.17. The SMILES string of the molecule is OCc1c(Br)c(Cl)cc2c1CCCC2. The van der Waals surface area contributed by atoms with Gasteiger partial charge >= 0.3 is 0 Å². The van der Waals surface area contributed by atoms with Gasteiger partial charge in [-0.05, 0) is 64.4 Å². The summed E-state index contributed by atoms with van der Waals surface area (Å²) in [5.41, 5.74) is 3.59. The number of fused-ring (bicyclic) bond motifs is 1. The van der Waals surface area contributed by atoms with Crippen LogP contribution in [0.25, 0.3) is 0 Å². The van der Waals surface area contributed by atoms with Crippen LogP contribution in [-0.4, -0.2) is 5.11 Å². The van der Waals surface area contributed by atoms with Crippen LogP contribution in [0.15, 0.2) is 10.5 Å². The summed E-state index contributed by atoms with van der Waals surface area (Å²) in [6.07, 6.45) is 4.61. The lowest BCUT2D eigenvalue weighted by molar-refractivity contribution is 0.279. The van der Waals surface area contributed by atoms with Crippen molar-refractivity contribution in [3.05, 3.63) is 32.3 Å². The van der Waals surface area contributed by atoms with Crippen molar-refractivity contribution in [2.75, 3.05) is 0 Å². The van der Waals surface area contributed by atoms with Crippen LogP contribution >= 0.6 is 27.5 Å². The molecule has 14 heavy (non-hydrogen) atoms. The monoisotopic (exact) mass is 274 g/mol. The van der Waals surface area contributed by atoms with Gasteiger partial charge in [0.15, 0.2) is 0 Å². The Hall–Kier alpha value is -0.0500. The number of hydrogen-bond acceptors (Lipinski definition) is 1. The van der Waals surface area contributed by atoms with Gasteiger partial charge in [-0.2, -0.15) is 0 Å². The van der Waals surface area contributed by atoms with E-state index in [0.717, 1.165) is 27.9 Å². The molecule has 0 atom stereocenters. The Labute approximate surface area is 97.2 Å². The summed E-state index contributed by atoms with van der Waals surface area (Å²) in [4.78, 5) is 0. The number of aryl methyl sites for hydroxylation is 1. The Morgan fingerprint density at radius 2 is 2.07 bits per heavy atom. The van der Waals surface area contributed by atoms with Gasteiger partial charge in [0.1, 0.15) is 0 Å². The van der Waals surface area contributed by atoms with Crippen molar-refractivity contribution < 1.29 is 5.11 Å². The molecule has 1 aromatic rings. The van der Waals surface area contributed by atoms with Gasteiger partial charge in [0.05, 0.1) is 11.6 Å². The lowest BCUT2D eigenvalue weighted by Crippen LogP contribution is -2.07. The third kappa shape index (κ3) is 1.71. The zero-order valence-electron chi connectivity index (χ0n) is 7.82. The molecule has 1 nitrogen and oxygen atoms in total. The van der Waals surface area contributed by atoms with Crippen LogP contribution in [0, 0.1) is 0 Å². The van der Waals surface area contributed by atoms with E-state index in [1.54, 1.807) is 0 Å². The van der Waals surface area contributed by atoms with Crippen LogP contribution in [0.4, 0.5) is 0 Å². The number of benzene rings is 1. The summed E-state index contributed by atoms with van der Waals surface area (Å²) in [5, 5.41) is 10.0. The molecular formula is C11H12BrClO. The van der Waals surface area contributed by atoms with E-state index in [4.69, 9.17) is 11.6 Å². The standard InChI is InChI=1S/C11H12BrClO/c12-11-9(6-14)8-4-2-1-3-7(8)5-10(11)13/h5,14H,1-4,6H2. The third-order valence-electron chi connectivity index (χ3n) is 2.81. The van der Waals surface area contributed by atoms with E-state index in [9.17, 15) is 5.11 Å². The smallest absolute Gasteiger partial charge is 0.0696 e. The average molecular weight is 276 g/mol. The molecule has 1 aromatic carbocycles. The molecular weight excluding hydrogens is 263 g/mol. The van der Waals surface area contributed by atoms with Crippen molar-refractivity contribution >= 4 is 27.5 Å². The Bertz CT molecular complexity index is 363. The fourth-order valence-corrected chi connectivity index (χ4v) is 2.82. The maximum atomic E-state index is 9.31. The third-order valence-corrected chi connectivity index (χ3v) is 4.24. The van der Waals surface area contributed by atoms with Gasteiger partial charge in [-0.25, -0.2) is 0 Å². The van der Waals surface area contributed by atoms with E-state index in [1.165, 1.54) is 24.0 Å². The van der Waals surface area contributed by atoms with Crippen molar-refractivity contribution in [3.63, 3.8) is 0 Å². The Morgan fingerprint density at radius 1 is 1.36 bits per heavy atom. The number of aliphatic hydroxyl groups excluding tert-OH is 1. The lowest BCUT2D eigenvalue weighted by atomic mass is 9.88. The molecule has 0 aromatic heterocycles. The molecule has 0 aliphatic heterocycles. The van der Waals surface area contributed by atoms with Crippen LogP contribution in [0.5, 0.6) is 0 Å². The van der Waals surface area contributed by atoms with Gasteiger partial charge in [0, 0.05) is 4.47 Å². The van der Waals surface area contributed by atoms with Gasteiger partial charge in [-0.1, -0.05) is 11.6 Å². The molecule has 3 heteroatoms. The molecule has 1 aliphatic carbocycles. The van der Waals surface area contributed by atoms with Crippen LogP contribution in [0.1, 0.15) is 29.5 Å². The highest BCUT2D eigenvalue weighted by Crippen LogP contribution is 2.35. The lowest BCUT2D eigenvalue weighted by Gasteiger charge is -2.20. The minimum absolute atomic E-state index is 0.0729. The fraction of sp³-hybridized carbons (Fsp3) is 0.455. The van der Waals surface area contributed by atoms with Gasteiger partial charge < -0.3 is 5.11 Å². The molecule has 0 bridgehead atoms. The highest BCUT2D eigenvalue weighted by molar-refractivity contribution is 9.10. The molecule has 76 valence electrons. The Morgan fingerprint density at radius 3 is 2.79 bits per heavy atom. The number of rotatable bonds is 1. The second kappa shape index (κ2) is 4.21. The first-order chi connectivity index (χ1) is 6.74. The molecule has 2 rings (SSSR count). The normalized spacial score (nSPS) is 15.4. The molecule has 0 unspecified atom stereocenters. The Balaban J connectivity index is 2.60. The maximum absolute atomic E-state index is 9.31. The molecule has 0 heterocycles. The second-order valence-corrected chi connectivity index (χ2v) is 4.85. The molecule has 0 saturated heterocycles. The van der Waals surface area contributed by atoms with Gasteiger partial charge in [-0.3, -0.25) is 0 Å². The second-order valence-electron chi connectivity index (χ2n) is 3.65. The zero-order valence-corrected chi connectivity index (χ0v) is 10.2. The maximum Gasteiger partial charge on any atom is 0.0696 e. The van der Waals surface area contributed by atoms with Crippen LogP contribution in [0.3, 0.4) is 0 Å². The average Bonchev–Trinajstić information content (AvgIpc) is 2.20. The summed E-state index contributed by atoms with van der Waals surface area (Å²) < 4.78 is 0.863. The summed E-state index contributed by atoms with van der Waals surface area (Å²) in [5.74, 6) is 0. The predicted octanol–water partition coefficient (Wildman–Crippen LogP) is 3.47. The van der Waals surface area contributed by atoms with Crippen molar-refractivity contribution in [2.24, 2.45) is 0 Å². The number of aliphatic hydroxyl groups is 1. The first-order valence-electron chi connectivity index (χ1n) is 4.83. The molecule has 0 amide bonds. The van der Waals surface area contributed by atoms with E-state index < -0.39 is 0 Å². The quantitative estimate of drug-likeness (QED) is 0.832. The molecule has 0 radical (unpaired) electrons. The number of halogens is 2. The minimum atomic E-state index is 0.0729. The van der Waals surface area contributed by atoms with Crippen molar-refractivity contribution in [2.45, 2.75) is 32.3 Å². The summed E-state index contributed by atoms with van der Waals surface area (Å²) in [6, 6.07) is 2.03. The van der Waals surface area contributed by atoms with Crippen LogP contribution < -0.4 is 0 Å². The first-order valence-corrected chi connectivity index (χ1v) is 6.00. The van der Waals surface area contributed by atoms with Gasteiger partial charge in [0.25, 0.3) is 0 Å². The highest BCUT2D eigenvalue weighted by atomic mass is 79.9. The molecule has 0 saturated carbocycles. The van der Waals surface area contributed by atoms with Gasteiger partial charge in [0.2, 0.25) is 0 Å². The van der Waals surface area contributed by atoms with E-state index in [0.29, 0.717) is 0 Å². The van der Waals surface area contributed by atoms with Crippen molar-refractivity contribution in [1.82, 2.24) is 0 Å². The molecule has 0 spiro atoms. The minimum Gasteiger partial charge on any atom is -0.392 e. The fourth-order valence-electron chi connectivity index (χ4n) is 2.09. The number of hydrogen-bond donors (Lipinski definition) is 1. The summed E-state index contributed by atoms with van der Waals surface area (Å²) in [7, 11) is 0. The molecule has 1 aliphatic rings. The van der Waals surface area contributed by atoms with E-state index in [-0.39, 0.29) is 6.61 Å². The summed E-state index contributed by atoms with van der Waals surface area (Å²) >= 11 is 9.50. The van der Waals surface area contributed by atoms with Crippen LogP contribution in [0.2, 0.25) is 5.02 Å². The zero-order chi connectivity index (χ0) is 10.1. The van der Waals surface area contributed by atoms with E-state index in [1.807, 2.05) is 6.07 Å². The van der Waals surface area contributed by atoms with E-state index in [2.05, 4.69) is 15.9 Å². The molecule has 0 fully saturated rings. The van der Waals surface area contributed by atoms with Crippen molar-refractivity contribution in [1.29, 1.82) is 0 Å². The van der Waals surface area contributed by atoms with Crippen molar-refractivity contribution in [3.8, 4) is 0 Å².